The van der Waals surface area contributed by atoms with Gasteiger partial charge in [-0.3, -0.25) is 24.6 Å². The Labute approximate surface area is 188 Å². The average molecular weight is 451 g/mol. The molecule has 154 valence electrons. The summed E-state index contributed by atoms with van der Waals surface area (Å²) in [6, 6.07) is 17.0. The SMILES string of the molecule is CC(=O)c1ccc(-c2ccc(/C=C3\C(=O)NC(=S)N(c4ccccc4Cl)C3=O)o2)cc1. The van der Waals surface area contributed by atoms with E-state index in [9.17, 15) is 14.4 Å². The van der Waals surface area contributed by atoms with E-state index in [2.05, 4.69) is 5.32 Å². The van der Waals surface area contributed by atoms with Crippen LogP contribution in [0.5, 0.6) is 0 Å². The molecule has 4 rings (SSSR count). The zero-order valence-corrected chi connectivity index (χ0v) is 17.8. The summed E-state index contributed by atoms with van der Waals surface area (Å²) in [5, 5.41) is 2.78. The molecule has 6 nitrogen and oxygen atoms in total. The minimum absolute atomic E-state index is 0.0285. The second kappa shape index (κ2) is 8.29. The number of Topliss-reactive ketones (excluding diaryl/α,β-unsaturated/α-hetero) is 1. The maximum Gasteiger partial charge on any atom is 0.270 e. The number of nitrogens with one attached hydrogen (secondary N) is 1. The smallest absolute Gasteiger partial charge is 0.270 e. The molecule has 2 aromatic carbocycles. The molecule has 3 aromatic rings. The highest BCUT2D eigenvalue weighted by atomic mass is 35.5. The van der Waals surface area contributed by atoms with Crippen molar-refractivity contribution in [2.24, 2.45) is 0 Å². The van der Waals surface area contributed by atoms with Crippen LogP contribution < -0.4 is 10.2 Å². The predicted octanol–water partition coefficient (Wildman–Crippen LogP) is 4.63. The van der Waals surface area contributed by atoms with Gasteiger partial charge in [0.2, 0.25) is 0 Å². The number of hydrogen-bond donors (Lipinski definition) is 1. The molecule has 1 fully saturated rings. The summed E-state index contributed by atoms with van der Waals surface area (Å²) in [5.41, 5.74) is 1.59. The number of para-hydroxylation sites is 1. The molecule has 0 radical (unpaired) electrons. The Morgan fingerprint density at radius 1 is 1.06 bits per heavy atom. The molecule has 2 amide bonds. The number of carbonyl (C=O) groups excluding carboxylic acids is 3. The fourth-order valence-electron chi connectivity index (χ4n) is 3.11. The van der Waals surface area contributed by atoms with Gasteiger partial charge >= 0.3 is 0 Å². The van der Waals surface area contributed by atoms with Gasteiger partial charge in [-0.2, -0.15) is 0 Å². The normalized spacial score (nSPS) is 15.4. The molecule has 1 aliphatic heterocycles. The van der Waals surface area contributed by atoms with E-state index >= 15 is 0 Å². The summed E-state index contributed by atoms with van der Waals surface area (Å²) in [4.78, 5) is 38.1. The molecule has 0 atom stereocenters. The van der Waals surface area contributed by atoms with Gasteiger partial charge in [-0.05, 0) is 49.5 Å². The number of halogens is 1. The maximum absolute atomic E-state index is 13.1. The van der Waals surface area contributed by atoms with Crippen molar-refractivity contribution in [1.29, 1.82) is 0 Å². The van der Waals surface area contributed by atoms with Gasteiger partial charge in [-0.25, -0.2) is 0 Å². The number of anilines is 1. The van der Waals surface area contributed by atoms with Crippen LogP contribution in [0.4, 0.5) is 5.69 Å². The number of furan rings is 1. The number of nitrogens with zero attached hydrogens (tertiary/aromatic N) is 1. The molecule has 1 aliphatic rings. The van der Waals surface area contributed by atoms with Gasteiger partial charge in [0, 0.05) is 11.1 Å². The molecule has 1 saturated heterocycles. The lowest BCUT2D eigenvalue weighted by atomic mass is 10.1. The molecular formula is C23H15ClN2O4S. The van der Waals surface area contributed by atoms with E-state index in [-0.39, 0.29) is 16.5 Å². The molecule has 1 aromatic heterocycles. The summed E-state index contributed by atoms with van der Waals surface area (Å²) in [7, 11) is 0. The van der Waals surface area contributed by atoms with Crippen molar-refractivity contribution in [1.82, 2.24) is 5.32 Å². The first-order valence-electron chi connectivity index (χ1n) is 9.22. The van der Waals surface area contributed by atoms with Crippen molar-refractivity contribution in [2.45, 2.75) is 6.92 Å². The number of carbonyl (C=O) groups is 3. The highest BCUT2D eigenvalue weighted by molar-refractivity contribution is 7.80. The van der Waals surface area contributed by atoms with Crippen LogP contribution in [0, 0.1) is 0 Å². The molecule has 0 bridgehead atoms. The van der Waals surface area contributed by atoms with E-state index in [4.69, 9.17) is 28.2 Å². The summed E-state index contributed by atoms with van der Waals surface area (Å²) < 4.78 is 5.79. The van der Waals surface area contributed by atoms with E-state index in [0.29, 0.717) is 27.8 Å². The van der Waals surface area contributed by atoms with Crippen LogP contribution in [0.1, 0.15) is 23.0 Å². The largest absolute Gasteiger partial charge is 0.457 e. The van der Waals surface area contributed by atoms with Crippen molar-refractivity contribution >= 4 is 58.3 Å². The average Bonchev–Trinajstić information content (AvgIpc) is 3.21. The molecule has 8 heteroatoms. The Hall–Kier alpha value is -3.55. The number of hydrogen-bond acceptors (Lipinski definition) is 5. The van der Waals surface area contributed by atoms with Gasteiger partial charge in [0.25, 0.3) is 11.8 Å². The van der Waals surface area contributed by atoms with Crippen LogP contribution in [-0.4, -0.2) is 22.7 Å². The molecule has 1 N–H and O–H groups in total. The van der Waals surface area contributed by atoms with E-state index in [1.165, 1.54) is 17.9 Å². The topological polar surface area (TPSA) is 79.6 Å². The molecule has 2 heterocycles. The van der Waals surface area contributed by atoms with Crippen LogP contribution in [0.15, 0.2) is 70.7 Å². The minimum atomic E-state index is -0.623. The Balaban J connectivity index is 1.65. The quantitative estimate of drug-likeness (QED) is 0.271. The summed E-state index contributed by atoms with van der Waals surface area (Å²) in [5.74, 6) is -0.410. The van der Waals surface area contributed by atoms with Crippen LogP contribution in [0.3, 0.4) is 0 Å². The fraction of sp³-hybridized carbons (Fsp3) is 0.0435. The molecule has 0 spiro atoms. The Morgan fingerprint density at radius 2 is 1.77 bits per heavy atom. The number of benzene rings is 2. The number of amides is 2. The van der Waals surface area contributed by atoms with E-state index in [1.807, 2.05) is 0 Å². The maximum atomic E-state index is 13.1. The van der Waals surface area contributed by atoms with Gasteiger partial charge in [0.05, 0.1) is 10.7 Å². The Bertz CT molecular complexity index is 1260. The van der Waals surface area contributed by atoms with Crippen molar-refractivity contribution < 1.29 is 18.8 Å². The van der Waals surface area contributed by atoms with Gasteiger partial charge in [0.1, 0.15) is 17.1 Å². The second-order valence-corrected chi connectivity index (χ2v) is 7.54. The lowest BCUT2D eigenvalue weighted by Crippen LogP contribution is -2.54. The first-order chi connectivity index (χ1) is 14.8. The molecule has 0 unspecified atom stereocenters. The third-order valence-corrected chi connectivity index (χ3v) is 5.29. The van der Waals surface area contributed by atoms with Gasteiger partial charge in [-0.1, -0.05) is 48.0 Å². The third-order valence-electron chi connectivity index (χ3n) is 4.68. The zero-order valence-electron chi connectivity index (χ0n) is 16.2. The first-order valence-corrected chi connectivity index (χ1v) is 10.0. The number of thiocarbonyl (C=S) groups is 1. The van der Waals surface area contributed by atoms with Crippen molar-refractivity contribution in [2.75, 3.05) is 4.90 Å². The van der Waals surface area contributed by atoms with Crippen LogP contribution in [-0.2, 0) is 9.59 Å². The van der Waals surface area contributed by atoms with E-state index in [1.54, 1.807) is 60.7 Å². The minimum Gasteiger partial charge on any atom is -0.457 e. The summed E-state index contributed by atoms with van der Waals surface area (Å²) in [6.45, 7) is 1.50. The first kappa shape index (κ1) is 20.7. The molecular weight excluding hydrogens is 436 g/mol. The lowest BCUT2D eigenvalue weighted by molar-refractivity contribution is -0.122. The van der Waals surface area contributed by atoms with Gasteiger partial charge in [0.15, 0.2) is 10.9 Å². The van der Waals surface area contributed by atoms with Gasteiger partial charge in [-0.15, -0.1) is 0 Å². The summed E-state index contributed by atoms with van der Waals surface area (Å²) >= 11 is 11.4. The molecule has 0 aliphatic carbocycles. The standard InChI is InChI=1S/C23H15ClN2O4S/c1-13(27)14-6-8-15(9-7-14)20-11-10-16(30-20)12-17-21(28)25-23(31)26(22(17)29)19-5-3-2-4-18(19)24/h2-12H,1H3,(H,25,28,31)/b17-12+. The van der Waals surface area contributed by atoms with Crippen molar-refractivity contribution in [3.8, 4) is 11.3 Å². The van der Waals surface area contributed by atoms with Crippen LogP contribution in [0.25, 0.3) is 17.4 Å². The lowest BCUT2D eigenvalue weighted by Gasteiger charge is -2.29. The summed E-state index contributed by atoms with van der Waals surface area (Å²) in [6.07, 6.45) is 1.36. The molecule has 31 heavy (non-hydrogen) atoms. The Kier molecular flexibility index (Phi) is 5.54. The number of rotatable bonds is 4. The highest BCUT2D eigenvalue weighted by Gasteiger charge is 2.35. The monoisotopic (exact) mass is 450 g/mol. The molecule has 0 saturated carbocycles. The second-order valence-electron chi connectivity index (χ2n) is 6.74. The third kappa shape index (κ3) is 4.05. The Morgan fingerprint density at radius 3 is 2.45 bits per heavy atom. The predicted molar refractivity (Wildman–Crippen MR) is 122 cm³/mol. The van der Waals surface area contributed by atoms with Crippen molar-refractivity contribution in [3.63, 3.8) is 0 Å². The van der Waals surface area contributed by atoms with E-state index < -0.39 is 11.8 Å². The highest BCUT2D eigenvalue weighted by Crippen LogP contribution is 2.30. The van der Waals surface area contributed by atoms with Crippen LogP contribution in [0.2, 0.25) is 5.02 Å². The van der Waals surface area contributed by atoms with Gasteiger partial charge < -0.3 is 4.42 Å². The fourth-order valence-corrected chi connectivity index (χ4v) is 3.60. The zero-order chi connectivity index (χ0) is 22.1. The van der Waals surface area contributed by atoms with Crippen LogP contribution >= 0.6 is 23.8 Å². The van der Waals surface area contributed by atoms with E-state index in [0.717, 1.165) is 5.56 Å². The number of ketones is 1. The van der Waals surface area contributed by atoms with Crippen molar-refractivity contribution in [3.05, 3.63) is 82.6 Å².